The van der Waals surface area contributed by atoms with Crippen LogP contribution in [-0.4, -0.2) is 18.2 Å². The third kappa shape index (κ3) is 3.60. The summed E-state index contributed by atoms with van der Waals surface area (Å²) in [6.07, 6.45) is 0. The number of hydrogen-bond acceptors (Lipinski definition) is 4. The van der Waals surface area contributed by atoms with E-state index in [0.29, 0.717) is 17.2 Å². The zero-order valence-corrected chi connectivity index (χ0v) is 15.7. The van der Waals surface area contributed by atoms with Crippen LogP contribution in [0.15, 0.2) is 95.9 Å². The molecule has 0 fully saturated rings. The number of nitrogen functional groups attached to an aromatic ring is 1. The number of nitrogens with two attached hydrogens (primary N) is 1. The topological polar surface area (TPSA) is 90.0 Å². The molecular weight excluding hydrogens is 372 g/mol. The van der Waals surface area contributed by atoms with Crippen LogP contribution in [0.2, 0.25) is 0 Å². The molecule has 0 aliphatic heterocycles. The fourth-order valence-electron chi connectivity index (χ4n) is 2.81. The predicted octanol–water partition coefficient (Wildman–Crippen LogP) is 3.92. The Morgan fingerprint density at radius 3 is 2.07 bits per heavy atom. The van der Waals surface area contributed by atoms with Gasteiger partial charge in [-0.05, 0) is 36.4 Å². The number of para-hydroxylation sites is 1. The van der Waals surface area contributed by atoms with Gasteiger partial charge in [-0.3, -0.25) is 4.72 Å². The molecule has 0 bridgehead atoms. The van der Waals surface area contributed by atoms with E-state index in [0.717, 1.165) is 11.3 Å². The number of hydrogen-bond donors (Lipinski definition) is 2. The minimum atomic E-state index is -3.80. The van der Waals surface area contributed by atoms with Crippen LogP contribution in [0, 0.1) is 0 Å². The molecule has 0 spiro atoms. The molecule has 0 aliphatic carbocycles. The molecule has 4 aromatic rings. The molecule has 3 aromatic carbocycles. The summed E-state index contributed by atoms with van der Waals surface area (Å²) in [7, 11) is -3.80. The lowest BCUT2D eigenvalue weighted by Crippen LogP contribution is -2.15. The van der Waals surface area contributed by atoms with Crippen molar-refractivity contribution in [2.45, 2.75) is 4.90 Å². The maximum absolute atomic E-state index is 12.8. The van der Waals surface area contributed by atoms with Gasteiger partial charge in [-0.25, -0.2) is 13.1 Å². The van der Waals surface area contributed by atoms with E-state index in [1.54, 1.807) is 22.9 Å². The van der Waals surface area contributed by atoms with Gasteiger partial charge in [-0.2, -0.15) is 5.10 Å². The number of nitrogens with zero attached hydrogens (tertiary/aromatic N) is 2. The van der Waals surface area contributed by atoms with Crippen molar-refractivity contribution < 1.29 is 8.42 Å². The first-order valence-corrected chi connectivity index (χ1v) is 10.1. The first kappa shape index (κ1) is 17.8. The van der Waals surface area contributed by atoms with Crippen LogP contribution in [0.5, 0.6) is 0 Å². The Morgan fingerprint density at radius 2 is 1.43 bits per heavy atom. The number of anilines is 2. The minimum Gasteiger partial charge on any atom is -0.399 e. The summed E-state index contributed by atoms with van der Waals surface area (Å²) in [5, 5.41) is 4.61. The molecule has 0 radical (unpaired) electrons. The van der Waals surface area contributed by atoms with Crippen LogP contribution in [-0.2, 0) is 10.0 Å². The van der Waals surface area contributed by atoms with E-state index in [4.69, 9.17) is 5.73 Å². The summed E-state index contributed by atoms with van der Waals surface area (Å²) in [5.74, 6) is 0.349. The number of nitrogens with one attached hydrogen (secondary N) is 1. The molecule has 0 saturated heterocycles. The van der Waals surface area contributed by atoms with Gasteiger partial charge in [0.05, 0.1) is 16.3 Å². The fraction of sp³-hybridized carbons (Fsp3) is 0. The van der Waals surface area contributed by atoms with Crippen LogP contribution in [0.3, 0.4) is 0 Å². The van der Waals surface area contributed by atoms with Crippen molar-refractivity contribution in [1.29, 1.82) is 0 Å². The molecule has 1 heterocycles. The second kappa shape index (κ2) is 7.21. The van der Waals surface area contributed by atoms with Gasteiger partial charge < -0.3 is 5.73 Å². The second-order valence-corrected chi connectivity index (χ2v) is 7.89. The summed E-state index contributed by atoms with van der Waals surface area (Å²) in [6, 6.07) is 26.7. The maximum Gasteiger partial charge on any atom is 0.263 e. The zero-order valence-electron chi connectivity index (χ0n) is 14.9. The second-order valence-electron chi connectivity index (χ2n) is 6.20. The highest BCUT2D eigenvalue weighted by Gasteiger charge is 2.19. The van der Waals surface area contributed by atoms with E-state index in [9.17, 15) is 8.42 Å². The molecule has 4 rings (SSSR count). The summed E-state index contributed by atoms with van der Waals surface area (Å²) < 4.78 is 29.9. The Hall–Kier alpha value is -3.58. The molecule has 140 valence electrons. The van der Waals surface area contributed by atoms with Crippen molar-refractivity contribution in [1.82, 2.24) is 9.78 Å². The van der Waals surface area contributed by atoms with Gasteiger partial charge in [0.2, 0.25) is 0 Å². The molecule has 0 atom stereocenters. The minimum absolute atomic E-state index is 0.128. The Kier molecular flexibility index (Phi) is 4.58. The van der Waals surface area contributed by atoms with Crippen LogP contribution < -0.4 is 10.5 Å². The smallest absolute Gasteiger partial charge is 0.263 e. The average Bonchev–Trinajstić information content (AvgIpc) is 3.13. The van der Waals surface area contributed by atoms with Crippen molar-refractivity contribution in [3.63, 3.8) is 0 Å². The van der Waals surface area contributed by atoms with Crippen LogP contribution in [0.25, 0.3) is 16.9 Å². The molecule has 7 heteroatoms. The van der Waals surface area contributed by atoms with E-state index < -0.39 is 10.0 Å². The summed E-state index contributed by atoms with van der Waals surface area (Å²) >= 11 is 0. The van der Waals surface area contributed by atoms with Gasteiger partial charge in [0, 0.05) is 17.3 Å². The zero-order chi connectivity index (χ0) is 19.6. The van der Waals surface area contributed by atoms with Gasteiger partial charge in [0.1, 0.15) is 5.82 Å². The highest BCUT2D eigenvalue weighted by atomic mass is 32.2. The van der Waals surface area contributed by atoms with Crippen molar-refractivity contribution in [3.05, 3.63) is 91.0 Å². The standard InChI is InChI=1S/C21H18N4O2S/c22-17-11-13-19(14-12-17)28(26,27)24-21-15-20(16-7-3-1-4-8-16)23-25(21)18-9-5-2-6-10-18/h1-15,24H,22H2. The van der Waals surface area contributed by atoms with Crippen LogP contribution >= 0.6 is 0 Å². The number of sulfonamides is 1. The lowest BCUT2D eigenvalue weighted by atomic mass is 10.2. The van der Waals surface area contributed by atoms with Gasteiger partial charge in [0.15, 0.2) is 0 Å². The predicted molar refractivity (Wildman–Crippen MR) is 111 cm³/mol. The lowest BCUT2D eigenvalue weighted by molar-refractivity contribution is 0.600. The van der Waals surface area contributed by atoms with E-state index in [1.807, 2.05) is 60.7 Å². The van der Waals surface area contributed by atoms with Gasteiger partial charge in [-0.1, -0.05) is 48.5 Å². The van der Waals surface area contributed by atoms with Gasteiger partial charge >= 0.3 is 0 Å². The monoisotopic (exact) mass is 390 g/mol. The quantitative estimate of drug-likeness (QED) is 0.505. The van der Waals surface area contributed by atoms with Gasteiger partial charge in [-0.15, -0.1) is 0 Å². The first-order chi connectivity index (χ1) is 13.5. The van der Waals surface area contributed by atoms with Gasteiger partial charge in [0.25, 0.3) is 10.0 Å². The molecule has 6 nitrogen and oxygen atoms in total. The normalized spacial score (nSPS) is 11.3. The number of benzene rings is 3. The van der Waals surface area contributed by atoms with Crippen LogP contribution in [0.4, 0.5) is 11.5 Å². The Balaban J connectivity index is 1.79. The lowest BCUT2D eigenvalue weighted by Gasteiger charge is -2.10. The molecule has 0 unspecified atom stereocenters. The third-order valence-corrected chi connectivity index (χ3v) is 5.58. The summed E-state index contributed by atoms with van der Waals surface area (Å²) in [4.78, 5) is 0.128. The van der Waals surface area contributed by atoms with E-state index in [1.165, 1.54) is 12.1 Å². The van der Waals surface area contributed by atoms with Crippen LogP contribution in [0.1, 0.15) is 0 Å². The first-order valence-electron chi connectivity index (χ1n) is 8.62. The van der Waals surface area contributed by atoms with E-state index in [2.05, 4.69) is 9.82 Å². The molecule has 0 amide bonds. The Bertz CT molecular complexity index is 1190. The number of rotatable bonds is 5. The SMILES string of the molecule is Nc1ccc(S(=O)(=O)Nc2cc(-c3ccccc3)nn2-c2ccccc2)cc1. The summed E-state index contributed by atoms with van der Waals surface area (Å²) in [6.45, 7) is 0. The number of aromatic nitrogens is 2. The van der Waals surface area contributed by atoms with Crippen molar-refractivity contribution in [2.24, 2.45) is 0 Å². The molecule has 3 N–H and O–H groups in total. The molecule has 0 saturated carbocycles. The highest BCUT2D eigenvalue weighted by Crippen LogP contribution is 2.26. The molecule has 28 heavy (non-hydrogen) atoms. The Labute approximate surface area is 163 Å². The van der Waals surface area contributed by atoms with Crippen molar-refractivity contribution >= 4 is 21.5 Å². The van der Waals surface area contributed by atoms with E-state index >= 15 is 0 Å². The fourth-order valence-corrected chi connectivity index (χ4v) is 3.85. The highest BCUT2D eigenvalue weighted by molar-refractivity contribution is 7.92. The Morgan fingerprint density at radius 1 is 0.821 bits per heavy atom. The summed E-state index contributed by atoms with van der Waals surface area (Å²) in [5.41, 5.74) is 8.47. The molecule has 0 aliphatic rings. The van der Waals surface area contributed by atoms with Crippen molar-refractivity contribution in [3.8, 4) is 16.9 Å². The molecular formula is C21H18N4O2S. The average molecular weight is 390 g/mol. The van der Waals surface area contributed by atoms with Crippen molar-refractivity contribution in [2.75, 3.05) is 10.5 Å². The third-order valence-electron chi connectivity index (χ3n) is 4.21. The van der Waals surface area contributed by atoms with E-state index in [-0.39, 0.29) is 4.90 Å². The largest absolute Gasteiger partial charge is 0.399 e. The molecule has 1 aromatic heterocycles. The maximum atomic E-state index is 12.8.